The zero-order chi connectivity index (χ0) is 39.5. The second kappa shape index (κ2) is 22.0. The highest BCUT2D eigenvalue weighted by molar-refractivity contribution is 5.92. The third-order valence-electron chi connectivity index (χ3n) is 8.30. The standard InChI is InChI=1S/C39H54N6O9/c1-6-26(2)33(43-38(51)52-25-27-15-9-7-10-16-27)35(50)42-29(20-21-32(48)54-39(3,4)5)34(49)41-24-22-31(47)40-23-14-13-19-30(46)37-45-44-36(53-37)28-17-11-8-12-18-28/h7-12,15-18,26,29-30,33,46H,6,13-14,19-25H2,1-5H3,(H,40,47)(H,41,49)(H,42,50)(H,43,51). The topological polar surface area (TPSA) is 211 Å². The van der Waals surface area contributed by atoms with Crippen molar-refractivity contribution in [3.63, 3.8) is 0 Å². The number of benzene rings is 2. The normalized spacial score (nSPS) is 13.4. The van der Waals surface area contributed by atoms with Crippen LogP contribution in [0.5, 0.6) is 0 Å². The van der Waals surface area contributed by atoms with Crippen molar-refractivity contribution in [2.24, 2.45) is 5.92 Å². The average molecular weight is 751 g/mol. The van der Waals surface area contributed by atoms with Gasteiger partial charge in [-0.2, -0.15) is 0 Å². The number of nitrogens with zero attached hydrogens (tertiary/aromatic N) is 2. The molecular weight excluding hydrogens is 696 g/mol. The molecule has 0 aliphatic rings. The number of rotatable bonds is 21. The number of aliphatic hydroxyl groups excluding tert-OH is 1. The zero-order valence-corrected chi connectivity index (χ0v) is 31.8. The van der Waals surface area contributed by atoms with E-state index in [-0.39, 0.29) is 50.1 Å². The van der Waals surface area contributed by atoms with E-state index in [1.807, 2.05) is 55.5 Å². The molecule has 1 aromatic heterocycles. The number of unbranched alkanes of at least 4 members (excludes halogenated alkanes) is 1. The van der Waals surface area contributed by atoms with Crippen LogP contribution in [0.3, 0.4) is 0 Å². The lowest BCUT2D eigenvalue weighted by Gasteiger charge is -2.26. The number of carbonyl (C=O) groups excluding carboxylic acids is 5. The number of aliphatic hydroxyl groups is 1. The first-order valence-corrected chi connectivity index (χ1v) is 18.4. The van der Waals surface area contributed by atoms with Crippen molar-refractivity contribution in [2.45, 2.75) is 110 Å². The minimum atomic E-state index is -1.16. The maximum Gasteiger partial charge on any atom is 0.408 e. The summed E-state index contributed by atoms with van der Waals surface area (Å²) in [6.45, 7) is 9.16. The summed E-state index contributed by atoms with van der Waals surface area (Å²) >= 11 is 0. The van der Waals surface area contributed by atoms with E-state index < -0.39 is 47.7 Å². The van der Waals surface area contributed by atoms with E-state index in [4.69, 9.17) is 13.9 Å². The van der Waals surface area contributed by atoms with Gasteiger partial charge in [-0.15, -0.1) is 10.2 Å². The molecule has 3 rings (SSSR count). The van der Waals surface area contributed by atoms with Gasteiger partial charge in [-0.25, -0.2) is 4.79 Å². The van der Waals surface area contributed by atoms with E-state index >= 15 is 0 Å². The Hall–Kier alpha value is -5.31. The van der Waals surface area contributed by atoms with Gasteiger partial charge in [0.05, 0.1) is 0 Å². The predicted molar refractivity (Wildman–Crippen MR) is 199 cm³/mol. The lowest BCUT2D eigenvalue weighted by molar-refractivity contribution is -0.155. The number of nitrogens with one attached hydrogen (secondary N) is 4. The molecule has 0 saturated heterocycles. The molecule has 0 saturated carbocycles. The van der Waals surface area contributed by atoms with Gasteiger partial charge in [-0.3, -0.25) is 19.2 Å². The third kappa shape index (κ3) is 15.7. The lowest BCUT2D eigenvalue weighted by atomic mass is 9.97. The van der Waals surface area contributed by atoms with Gasteiger partial charge in [0.25, 0.3) is 0 Å². The van der Waals surface area contributed by atoms with Crippen LogP contribution < -0.4 is 21.3 Å². The summed E-state index contributed by atoms with van der Waals surface area (Å²) in [7, 11) is 0. The first-order chi connectivity index (χ1) is 25.8. The van der Waals surface area contributed by atoms with Gasteiger partial charge < -0.3 is 40.3 Å². The molecule has 1 heterocycles. The molecule has 4 amide bonds. The molecule has 15 nitrogen and oxygen atoms in total. The Balaban J connectivity index is 1.47. The minimum absolute atomic E-state index is 0.0107. The van der Waals surface area contributed by atoms with Crippen molar-refractivity contribution in [1.29, 1.82) is 0 Å². The Bertz CT molecular complexity index is 1630. The molecule has 0 bridgehead atoms. The average Bonchev–Trinajstić information content (AvgIpc) is 3.65. The van der Waals surface area contributed by atoms with Gasteiger partial charge in [0.15, 0.2) is 0 Å². The van der Waals surface area contributed by atoms with Gasteiger partial charge in [0.1, 0.15) is 30.4 Å². The summed E-state index contributed by atoms with van der Waals surface area (Å²) < 4.78 is 16.3. The second-order valence-electron chi connectivity index (χ2n) is 14.0. The van der Waals surface area contributed by atoms with Crippen LogP contribution in [0.15, 0.2) is 65.1 Å². The fraction of sp³-hybridized carbons (Fsp3) is 0.513. The second-order valence-corrected chi connectivity index (χ2v) is 14.0. The summed E-state index contributed by atoms with van der Waals surface area (Å²) in [6.07, 6.45) is 0.0668. The van der Waals surface area contributed by atoms with Crippen LogP contribution in [0.25, 0.3) is 11.5 Å². The number of alkyl carbamates (subject to hydrolysis) is 1. The number of carbonyl (C=O) groups is 5. The summed E-state index contributed by atoms with van der Waals surface area (Å²) in [6, 6.07) is 16.1. The van der Waals surface area contributed by atoms with Crippen LogP contribution in [0.1, 0.15) is 97.1 Å². The van der Waals surface area contributed by atoms with Crippen LogP contribution in [0.2, 0.25) is 0 Å². The minimum Gasteiger partial charge on any atom is -0.460 e. The molecule has 3 aromatic rings. The summed E-state index contributed by atoms with van der Waals surface area (Å²) in [5.41, 5.74) is 0.793. The highest BCUT2D eigenvalue weighted by atomic mass is 16.6. The SMILES string of the molecule is CCC(C)C(NC(=O)OCc1ccccc1)C(=O)NC(CCC(=O)OC(C)(C)C)C(=O)NCCC(=O)NCCCCC(O)c1nnc(-c2ccccc2)o1. The Morgan fingerprint density at radius 1 is 0.833 bits per heavy atom. The molecule has 2 aromatic carbocycles. The predicted octanol–water partition coefficient (Wildman–Crippen LogP) is 4.51. The Kier molecular flexibility index (Phi) is 17.6. The first-order valence-electron chi connectivity index (χ1n) is 18.4. The van der Waals surface area contributed by atoms with Gasteiger partial charge in [0.2, 0.25) is 29.5 Å². The molecule has 0 aliphatic carbocycles. The molecule has 0 radical (unpaired) electrons. The summed E-state index contributed by atoms with van der Waals surface area (Å²) in [4.78, 5) is 64.5. The summed E-state index contributed by atoms with van der Waals surface area (Å²) in [5, 5.41) is 29.1. The molecular formula is C39H54N6O9. The van der Waals surface area contributed by atoms with Crippen molar-refractivity contribution in [2.75, 3.05) is 13.1 Å². The Morgan fingerprint density at radius 3 is 2.19 bits per heavy atom. The summed E-state index contributed by atoms with van der Waals surface area (Å²) in [5.74, 6) is -1.93. The molecule has 5 N–H and O–H groups in total. The molecule has 4 unspecified atom stereocenters. The number of aromatic nitrogens is 2. The molecule has 4 atom stereocenters. The van der Waals surface area contributed by atoms with Gasteiger partial charge in [0, 0.05) is 31.5 Å². The molecule has 0 aliphatic heterocycles. The first kappa shape index (κ1) is 43.1. The molecule has 54 heavy (non-hydrogen) atoms. The van der Waals surface area contributed by atoms with Crippen LogP contribution in [0.4, 0.5) is 4.79 Å². The number of ether oxygens (including phenoxy) is 2. The van der Waals surface area contributed by atoms with Crippen LogP contribution >= 0.6 is 0 Å². The van der Waals surface area contributed by atoms with E-state index in [1.54, 1.807) is 39.8 Å². The van der Waals surface area contributed by atoms with Crippen molar-refractivity contribution < 1.29 is 43.0 Å². The van der Waals surface area contributed by atoms with Gasteiger partial charge in [-0.1, -0.05) is 68.8 Å². The van der Waals surface area contributed by atoms with E-state index in [1.165, 1.54) is 0 Å². The highest BCUT2D eigenvalue weighted by Crippen LogP contribution is 2.23. The zero-order valence-electron chi connectivity index (χ0n) is 31.8. The smallest absolute Gasteiger partial charge is 0.408 e. The fourth-order valence-corrected chi connectivity index (χ4v) is 5.17. The Morgan fingerprint density at radius 2 is 1.52 bits per heavy atom. The van der Waals surface area contributed by atoms with Gasteiger partial charge in [-0.05, 0) is 70.1 Å². The van der Waals surface area contributed by atoms with E-state index in [0.29, 0.717) is 38.1 Å². The van der Waals surface area contributed by atoms with E-state index in [9.17, 15) is 29.1 Å². The fourth-order valence-electron chi connectivity index (χ4n) is 5.17. The largest absolute Gasteiger partial charge is 0.460 e. The van der Waals surface area contributed by atoms with Crippen LogP contribution in [0, 0.1) is 5.92 Å². The van der Waals surface area contributed by atoms with Crippen LogP contribution in [-0.4, -0.2) is 75.9 Å². The van der Waals surface area contributed by atoms with Crippen molar-refractivity contribution >= 4 is 29.8 Å². The number of amides is 4. The Labute approximate surface area is 316 Å². The quantitative estimate of drug-likeness (QED) is 0.0755. The molecule has 0 spiro atoms. The van der Waals surface area contributed by atoms with Crippen LogP contribution in [-0.2, 0) is 35.3 Å². The molecule has 294 valence electrons. The van der Waals surface area contributed by atoms with E-state index in [2.05, 4.69) is 31.5 Å². The molecule has 15 heteroatoms. The lowest BCUT2D eigenvalue weighted by Crippen LogP contribution is -2.56. The number of hydrogen-bond donors (Lipinski definition) is 5. The monoisotopic (exact) mass is 750 g/mol. The maximum absolute atomic E-state index is 13.5. The highest BCUT2D eigenvalue weighted by Gasteiger charge is 2.31. The third-order valence-corrected chi connectivity index (χ3v) is 8.30. The maximum atomic E-state index is 13.5. The number of esters is 1. The van der Waals surface area contributed by atoms with Crippen molar-refractivity contribution in [3.8, 4) is 11.5 Å². The van der Waals surface area contributed by atoms with Crippen molar-refractivity contribution in [3.05, 3.63) is 72.1 Å². The molecule has 0 fully saturated rings. The van der Waals surface area contributed by atoms with E-state index in [0.717, 1.165) is 11.1 Å². The van der Waals surface area contributed by atoms with Gasteiger partial charge >= 0.3 is 12.1 Å². The number of hydrogen-bond acceptors (Lipinski definition) is 11. The van der Waals surface area contributed by atoms with Crippen molar-refractivity contribution in [1.82, 2.24) is 31.5 Å².